The van der Waals surface area contributed by atoms with Crippen LogP contribution in [-0.2, 0) is 4.79 Å². The molecule has 2 fully saturated rings. The van der Waals surface area contributed by atoms with E-state index in [9.17, 15) is 9.59 Å². The van der Waals surface area contributed by atoms with Gasteiger partial charge in [-0.3, -0.25) is 14.6 Å². The van der Waals surface area contributed by atoms with Gasteiger partial charge < -0.3 is 19.4 Å². The highest BCUT2D eigenvalue weighted by atomic mass is 16.5. The predicted molar refractivity (Wildman–Crippen MR) is 110 cm³/mol. The topological polar surface area (TPSA) is 71.9 Å². The van der Waals surface area contributed by atoms with E-state index in [0.29, 0.717) is 6.54 Å². The minimum atomic E-state index is -0.423. The average molecular weight is 400 g/mol. The Labute approximate surface area is 171 Å². The third-order valence-corrected chi connectivity index (χ3v) is 6.05. The number of anilines is 1. The third-order valence-electron chi connectivity index (χ3n) is 6.05. The van der Waals surface area contributed by atoms with E-state index in [1.54, 1.807) is 20.5 Å². The molecule has 9 nitrogen and oxygen atoms in total. The van der Waals surface area contributed by atoms with Crippen molar-refractivity contribution in [1.82, 2.24) is 19.6 Å². The van der Waals surface area contributed by atoms with Gasteiger partial charge in [0.25, 0.3) is 5.91 Å². The molecule has 0 saturated carbocycles. The second-order valence-electron chi connectivity index (χ2n) is 7.65. The standard InChI is InChI=1S/C20H28N6O3/c1-22-18-17(19(27)23(2)20(22)28)26(14-21-18)13-10-24-8-11-25(12-9-24)15-6-4-5-7-16(15)29-3/h4-7,14,17-18H,8-13H2,1-3H3. The van der Waals surface area contributed by atoms with Crippen LogP contribution in [-0.4, -0.2) is 111 Å². The Balaban J connectivity index is 1.32. The highest BCUT2D eigenvalue weighted by molar-refractivity contribution is 6.01. The average Bonchev–Trinajstić information content (AvgIpc) is 3.19. The number of urea groups is 1. The fourth-order valence-electron chi connectivity index (χ4n) is 4.26. The summed E-state index contributed by atoms with van der Waals surface area (Å²) < 4.78 is 5.49. The number of ether oxygens (including phenoxy) is 1. The second-order valence-corrected chi connectivity index (χ2v) is 7.65. The molecule has 2 atom stereocenters. The number of likely N-dealkylation sites (N-methyl/N-ethyl adjacent to an activating group) is 2. The van der Waals surface area contributed by atoms with E-state index in [-0.39, 0.29) is 11.9 Å². The SMILES string of the molecule is COc1ccccc1N1CCN(CCN2C=NC3C2C(=O)N(C)C(=O)N3C)CC1. The van der Waals surface area contributed by atoms with E-state index in [1.165, 1.54) is 16.8 Å². The van der Waals surface area contributed by atoms with Crippen LogP contribution in [0.5, 0.6) is 5.75 Å². The highest BCUT2D eigenvalue weighted by Gasteiger charge is 2.48. The Kier molecular flexibility index (Phi) is 5.31. The van der Waals surface area contributed by atoms with Gasteiger partial charge in [0.2, 0.25) is 0 Å². The van der Waals surface area contributed by atoms with Crippen molar-refractivity contribution in [3.8, 4) is 5.75 Å². The fraction of sp³-hybridized carbons (Fsp3) is 0.550. The third kappa shape index (κ3) is 3.50. The van der Waals surface area contributed by atoms with Crippen LogP contribution in [0.2, 0.25) is 0 Å². The molecule has 29 heavy (non-hydrogen) atoms. The van der Waals surface area contributed by atoms with Gasteiger partial charge in [0.05, 0.1) is 19.1 Å². The van der Waals surface area contributed by atoms with Gasteiger partial charge >= 0.3 is 6.03 Å². The molecule has 0 aliphatic carbocycles. The number of methoxy groups -OCH3 is 1. The summed E-state index contributed by atoms with van der Waals surface area (Å²) in [5.74, 6) is 0.718. The molecule has 1 aromatic rings. The maximum Gasteiger partial charge on any atom is 0.328 e. The van der Waals surface area contributed by atoms with Crippen molar-refractivity contribution in [2.24, 2.45) is 4.99 Å². The van der Waals surface area contributed by atoms with Crippen LogP contribution in [0.4, 0.5) is 10.5 Å². The molecule has 3 heterocycles. The quantitative estimate of drug-likeness (QED) is 0.712. The highest BCUT2D eigenvalue weighted by Crippen LogP contribution is 2.28. The van der Waals surface area contributed by atoms with Crippen LogP contribution in [0.25, 0.3) is 0 Å². The van der Waals surface area contributed by atoms with Gasteiger partial charge in [-0.25, -0.2) is 9.79 Å². The molecule has 0 aromatic heterocycles. The maximum atomic E-state index is 12.6. The number of rotatable bonds is 5. The van der Waals surface area contributed by atoms with Crippen LogP contribution in [0, 0.1) is 0 Å². The molecule has 0 radical (unpaired) electrons. The predicted octanol–water partition coefficient (Wildman–Crippen LogP) is 0.380. The number of aliphatic imine (C=N–C) groups is 1. The summed E-state index contributed by atoms with van der Waals surface area (Å²) in [5, 5.41) is 0. The van der Waals surface area contributed by atoms with Crippen molar-refractivity contribution >= 4 is 24.0 Å². The number of carbonyl (C=O) groups is 2. The first-order chi connectivity index (χ1) is 14.0. The summed E-state index contributed by atoms with van der Waals surface area (Å²) in [6, 6.07) is 7.38. The lowest BCUT2D eigenvalue weighted by molar-refractivity contribution is -0.136. The smallest absolute Gasteiger partial charge is 0.328 e. The summed E-state index contributed by atoms with van der Waals surface area (Å²) in [4.78, 5) is 38.6. The number of imide groups is 1. The second kappa shape index (κ2) is 7.90. The molecular weight excluding hydrogens is 372 g/mol. The fourth-order valence-corrected chi connectivity index (χ4v) is 4.26. The molecule has 9 heteroatoms. The van der Waals surface area contributed by atoms with Crippen LogP contribution in [0.15, 0.2) is 29.3 Å². The first kappa shape index (κ1) is 19.5. The minimum Gasteiger partial charge on any atom is -0.495 e. The molecular formula is C20H28N6O3. The lowest BCUT2D eigenvalue weighted by Crippen LogP contribution is -2.64. The minimum absolute atomic E-state index is 0.184. The lowest BCUT2D eigenvalue weighted by atomic mass is 10.1. The Bertz CT molecular complexity index is 807. The normalized spacial score (nSPS) is 25.1. The lowest BCUT2D eigenvalue weighted by Gasteiger charge is -2.41. The summed E-state index contributed by atoms with van der Waals surface area (Å²) in [6.07, 6.45) is 1.30. The number of piperazine rings is 1. The summed E-state index contributed by atoms with van der Waals surface area (Å²) >= 11 is 0. The van der Waals surface area contributed by atoms with E-state index in [4.69, 9.17) is 4.74 Å². The van der Waals surface area contributed by atoms with E-state index in [0.717, 1.165) is 44.2 Å². The van der Waals surface area contributed by atoms with Gasteiger partial charge in [-0.2, -0.15) is 0 Å². The summed E-state index contributed by atoms with van der Waals surface area (Å²) in [5.41, 5.74) is 1.13. The van der Waals surface area contributed by atoms with E-state index < -0.39 is 12.2 Å². The molecule has 3 aliphatic heterocycles. The Morgan fingerprint density at radius 1 is 1.07 bits per heavy atom. The largest absolute Gasteiger partial charge is 0.495 e. The van der Waals surface area contributed by atoms with Crippen molar-refractivity contribution in [1.29, 1.82) is 0 Å². The van der Waals surface area contributed by atoms with Crippen LogP contribution >= 0.6 is 0 Å². The Morgan fingerprint density at radius 2 is 1.79 bits per heavy atom. The van der Waals surface area contributed by atoms with Crippen LogP contribution in [0.1, 0.15) is 0 Å². The number of hydrogen-bond acceptors (Lipinski definition) is 7. The zero-order valence-electron chi connectivity index (χ0n) is 17.2. The zero-order chi connectivity index (χ0) is 20.5. The molecule has 3 amide bonds. The number of amides is 3. The zero-order valence-corrected chi connectivity index (χ0v) is 17.2. The van der Waals surface area contributed by atoms with E-state index >= 15 is 0 Å². The molecule has 1 aromatic carbocycles. The van der Waals surface area contributed by atoms with E-state index in [2.05, 4.69) is 20.9 Å². The molecule has 3 aliphatic rings. The molecule has 0 bridgehead atoms. The first-order valence-electron chi connectivity index (χ1n) is 9.95. The van der Waals surface area contributed by atoms with Gasteiger partial charge in [-0.1, -0.05) is 12.1 Å². The van der Waals surface area contributed by atoms with Gasteiger partial charge in [-0.05, 0) is 12.1 Å². The summed E-state index contributed by atoms with van der Waals surface area (Å²) in [6.45, 7) is 5.32. The van der Waals surface area contributed by atoms with E-state index in [1.807, 2.05) is 23.1 Å². The molecule has 0 spiro atoms. The Morgan fingerprint density at radius 3 is 2.52 bits per heavy atom. The van der Waals surface area contributed by atoms with Gasteiger partial charge in [0.15, 0.2) is 12.2 Å². The van der Waals surface area contributed by atoms with Crippen molar-refractivity contribution in [2.45, 2.75) is 12.2 Å². The summed E-state index contributed by atoms with van der Waals surface area (Å²) in [7, 11) is 4.93. The van der Waals surface area contributed by atoms with Gasteiger partial charge in [0.1, 0.15) is 5.75 Å². The first-order valence-corrected chi connectivity index (χ1v) is 9.95. The van der Waals surface area contributed by atoms with Gasteiger partial charge in [-0.15, -0.1) is 0 Å². The molecule has 4 rings (SSSR count). The Hall–Kier alpha value is -2.81. The molecule has 156 valence electrons. The monoisotopic (exact) mass is 400 g/mol. The number of nitrogens with zero attached hydrogens (tertiary/aromatic N) is 6. The van der Waals surface area contributed by atoms with Crippen LogP contribution < -0.4 is 9.64 Å². The van der Waals surface area contributed by atoms with Crippen molar-refractivity contribution in [3.63, 3.8) is 0 Å². The maximum absolute atomic E-state index is 12.6. The number of benzene rings is 1. The van der Waals surface area contributed by atoms with Gasteiger partial charge in [0, 0.05) is 53.4 Å². The van der Waals surface area contributed by atoms with Crippen molar-refractivity contribution in [2.75, 3.05) is 65.4 Å². The van der Waals surface area contributed by atoms with Crippen molar-refractivity contribution in [3.05, 3.63) is 24.3 Å². The van der Waals surface area contributed by atoms with Crippen molar-refractivity contribution < 1.29 is 14.3 Å². The van der Waals surface area contributed by atoms with Crippen LogP contribution in [0.3, 0.4) is 0 Å². The molecule has 2 saturated heterocycles. The molecule has 0 N–H and O–H groups in total. The number of fused-ring (bicyclic) bond motifs is 1. The number of para-hydroxylation sites is 2. The molecule has 2 unspecified atom stereocenters. The number of carbonyl (C=O) groups excluding carboxylic acids is 2. The number of hydrogen-bond donors (Lipinski definition) is 0.